The van der Waals surface area contributed by atoms with Crippen molar-refractivity contribution in [3.8, 4) is 0 Å². The van der Waals surface area contributed by atoms with Crippen molar-refractivity contribution in [3.05, 3.63) is 23.2 Å². The summed E-state index contributed by atoms with van der Waals surface area (Å²) in [6.07, 6.45) is 6.65. The summed E-state index contributed by atoms with van der Waals surface area (Å²) in [5.41, 5.74) is 1.28. The van der Waals surface area contributed by atoms with Gasteiger partial charge in [-0.15, -0.1) is 0 Å². The molecule has 120 valence electrons. The zero-order chi connectivity index (χ0) is 15.2. The first kappa shape index (κ1) is 16.6. The van der Waals surface area contributed by atoms with Crippen LogP contribution in [-0.4, -0.2) is 24.5 Å². The van der Waals surface area contributed by atoms with Crippen molar-refractivity contribution in [2.24, 2.45) is 5.92 Å². The molecule has 0 saturated heterocycles. The highest BCUT2D eigenvalue weighted by Crippen LogP contribution is 2.28. The zero-order valence-electron chi connectivity index (χ0n) is 14.2. The lowest BCUT2D eigenvalue weighted by molar-refractivity contribution is 0.125. The van der Waals surface area contributed by atoms with Crippen LogP contribution in [0.4, 0.5) is 0 Å². The molecule has 1 aromatic rings. The van der Waals surface area contributed by atoms with E-state index in [1.54, 1.807) is 0 Å². The topological polar surface area (TPSA) is 28.4 Å². The van der Waals surface area contributed by atoms with Gasteiger partial charge in [0.25, 0.3) is 0 Å². The van der Waals surface area contributed by atoms with Gasteiger partial charge in [0, 0.05) is 6.04 Å². The molecule has 0 radical (unpaired) electrons. The average molecular weight is 292 g/mol. The van der Waals surface area contributed by atoms with Crippen LogP contribution < -0.4 is 5.32 Å². The molecule has 1 N–H and O–H groups in total. The van der Waals surface area contributed by atoms with Gasteiger partial charge in [0.15, 0.2) is 0 Å². The Balaban J connectivity index is 1.91. The molecule has 3 nitrogen and oxygen atoms in total. The predicted octanol–water partition coefficient (Wildman–Crippen LogP) is 4.10. The van der Waals surface area contributed by atoms with Crippen LogP contribution in [-0.2, 0) is 13.1 Å². The van der Waals surface area contributed by atoms with Gasteiger partial charge in [-0.05, 0) is 57.3 Å². The summed E-state index contributed by atoms with van der Waals surface area (Å²) in [6, 6.07) is 2.93. The second-order valence-corrected chi connectivity index (χ2v) is 6.74. The maximum absolute atomic E-state index is 6.05. The summed E-state index contributed by atoms with van der Waals surface area (Å²) in [6.45, 7) is 9.57. The number of aryl methyl sites for hydroxylation is 1. The molecule has 0 aromatic carbocycles. The van der Waals surface area contributed by atoms with E-state index in [1.165, 1.54) is 31.2 Å². The van der Waals surface area contributed by atoms with E-state index in [1.807, 2.05) is 0 Å². The fraction of sp³-hybridized carbons (Fsp3) is 0.778. The normalized spacial score (nSPS) is 22.9. The molecule has 1 fully saturated rings. The first-order valence-corrected chi connectivity index (χ1v) is 8.61. The summed E-state index contributed by atoms with van der Waals surface area (Å²) in [5, 5.41) is 3.42. The van der Waals surface area contributed by atoms with E-state index >= 15 is 0 Å². The van der Waals surface area contributed by atoms with Gasteiger partial charge in [-0.3, -0.25) is 4.90 Å². The maximum atomic E-state index is 6.05. The first-order valence-electron chi connectivity index (χ1n) is 8.61. The molecule has 2 atom stereocenters. The van der Waals surface area contributed by atoms with E-state index in [4.69, 9.17) is 4.42 Å². The van der Waals surface area contributed by atoms with Crippen LogP contribution in [0.5, 0.6) is 0 Å². The fourth-order valence-corrected chi connectivity index (χ4v) is 3.54. The van der Waals surface area contributed by atoms with Gasteiger partial charge >= 0.3 is 0 Å². The van der Waals surface area contributed by atoms with Crippen molar-refractivity contribution in [2.45, 2.75) is 72.0 Å². The first-order chi connectivity index (χ1) is 10.1. The van der Waals surface area contributed by atoms with Gasteiger partial charge < -0.3 is 9.73 Å². The molecular formula is C18H32N2O. The van der Waals surface area contributed by atoms with E-state index < -0.39 is 0 Å². The third-order valence-electron chi connectivity index (χ3n) is 4.82. The number of hydrogen-bond acceptors (Lipinski definition) is 3. The molecule has 3 heteroatoms. The molecule has 0 amide bonds. The second-order valence-electron chi connectivity index (χ2n) is 6.74. The summed E-state index contributed by atoms with van der Waals surface area (Å²) in [7, 11) is 2.25. The van der Waals surface area contributed by atoms with Crippen LogP contribution in [0, 0.1) is 12.8 Å². The Morgan fingerprint density at radius 3 is 2.81 bits per heavy atom. The predicted molar refractivity (Wildman–Crippen MR) is 88.3 cm³/mol. The van der Waals surface area contributed by atoms with Crippen molar-refractivity contribution in [2.75, 3.05) is 13.6 Å². The molecule has 1 saturated carbocycles. The lowest BCUT2D eigenvalue weighted by Gasteiger charge is -2.35. The van der Waals surface area contributed by atoms with E-state index in [-0.39, 0.29) is 0 Å². The summed E-state index contributed by atoms with van der Waals surface area (Å²) >= 11 is 0. The molecule has 1 heterocycles. The van der Waals surface area contributed by atoms with E-state index in [0.29, 0.717) is 6.04 Å². The minimum absolute atomic E-state index is 0.714. The Kier molecular flexibility index (Phi) is 6.31. The lowest BCUT2D eigenvalue weighted by Crippen LogP contribution is -2.38. The standard InChI is InChI=1S/C18H32N2O/c1-5-10-19-12-18-15(3)11-16(21-18)13-20(4)17-9-7-6-8-14(17)2/h11,14,17,19H,5-10,12-13H2,1-4H3. The van der Waals surface area contributed by atoms with Crippen molar-refractivity contribution < 1.29 is 4.42 Å². The van der Waals surface area contributed by atoms with Gasteiger partial charge in [0.2, 0.25) is 0 Å². The third kappa shape index (κ3) is 4.58. The summed E-state index contributed by atoms with van der Waals surface area (Å²) < 4.78 is 6.05. The molecule has 2 unspecified atom stereocenters. The fourth-order valence-electron chi connectivity index (χ4n) is 3.54. The van der Waals surface area contributed by atoms with Crippen LogP contribution in [0.3, 0.4) is 0 Å². The number of nitrogens with one attached hydrogen (secondary N) is 1. The molecule has 21 heavy (non-hydrogen) atoms. The third-order valence-corrected chi connectivity index (χ3v) is 4.82. The minimum Gasteiger partial charge on any atom is -0.463 e. The van der Waals surface area contributed by atoms with Gasteiger partial charge in [-0.25, -0.2) is 0 Å². The lowest BCUT2D eigenvalue weighted by atomic mass is 9.85. The Labute approximate surface area is 130 Å². The van der Waals surface area contributed by atoms with E-state index in [2.05, 4.69) is 44.1 Å². The largest absolute Gasteiger partial charge is 0.463 e. The quantitative estimate of drug-likeness (QED) is 0.767. The highest BCUT2D eigenvalue weighted by atomic mass is 16.3. The molecule has 0 aliphatic heterocycles. The molecule has 1 aromatic heterocycles. The number of nitrogens with zero attached hydrogens (tertiary/aromatic N) is 1. The number of rotatable bonds is 7. The van der Waals surface area contributed by atoms with Gasteiger partial charge in [-0.2, -0.15) is 0 Å². The molecule has 2 rings (SSSR count). The summed E-state index contributed by atoms with van der Waals surface area (Å²) in [5.74, 6) is 3.02. The maximum Gasteiger partial charge on any atom is 0.120 e. The van der Waals surface area contributed by atoms with Gasteiger partial charge in [0.1, 0.15) is 11.5 Å². The smallest absolute Gasteiger partial charge is 0.120 e. The van der Waals surface area contributed by atoms with Crippen molar-refractivity contribution in [1.29, 1.82) is 0 Å². The molecule has 0 spiro atoms. The Morgan fingerprint density at radius 1 is 1.33 bits per heavy atom. The van der Waals surface area contributed by atoms with E-state index in [0.717, 1.165) is 43.5 Å². The highest BCUT2D eigenvalue weighted by Gasteiger charge is 2.25. The van der Waals surface area contributed by atoms with Gasteiger partial charge in [-0.1, -0.05) is 26.7 Å². The zero-order valence-corrected chi connectivity index (χ0v) is 14.2. The average Bonchev–Trinajstić information content (AvgIpc) is 2.79. The number of hydrogen-bond donors (Lipinski definition) is 1. The molecule has 0 bridgehead atoms. The number of furan rings is 1. The summed E-state index contributed by atoms with van der Waals surface area (Å²) in [4.78, 5) is 2.49. The van der Waals surface area contributed by atoms with Crippen LogP contribution in [0.25, 0.3) is 0 Å². The van der Waals surface area contributed by atoms with Crippen LogP contribution in [0.1, 0.15) is 63.0 Å². The van der Waals surface area contributed by atoms with Crippen LogP contribution in [0.2, 0.25) is 0 Å². The second kappa shape index (κ2) is 8.00. The van der Waals surface area contributed by atoms with Crippen LogP contribution >= 0.6 is 0 Å². The van der Waals surface area contributed by atoms with Crippen molar-refractivity contribution in [1.82, 2.24) is 10.2 Å². The van der Waals surface area contributed by atoms with E-state index in [9.17, 15) is 0 Å². The Morgan fingerprint density at radius 2 is 2.10 bits per heavy atom. The SMILES string of the molecule is CCCNCc1oc(CN(C)C2CCCCC2C)cc1C. The van der Waals surface area contributed by atoms with Gasteiger partial charge in [0.05, 0.1) is 13.1 Å². The minimum atomic E-state index is 0.714. The Hall–Kier alpha value is -0.800. The molecular weight excluding hydrogens is 260 g/mol. The van der Waals surface area contributed by atoms with Crippen molar-refractivity contribution >= 4 is 0 Å². The monoisotopic (exact) mass is 292 g/mol. The molecule has 1 aliphatic carbocycles. The van der Waals surface area contributed by atoms with Crippen molar-refractivity contribution in [3.63, 3.8) is 0 Å². The highest BCUT2D eigenvalue weighted by molar-refractivity contribution is 5.20. The Bertz CT molecular complexity index is 427. The van der Waals surface area contributed by atoms with Crippen LogP contribution in [0.15, 0.2) is 10.5 Å². The molecule has 1 aliphatic rings.